The van der Waals surface area contributed by atoms with Crippen LogP contribution in [0.4, 0.5) is 0 Å². The largest absolute Gasteiger partial charge is 0.394 e. The van der Waals surface area contributed by atoms with Crippen molar-refractivity contribution >= 4 is 11.9 Å². The topological polar surface area (TPSA) is 89.6 Å². The Morgan fingerprint density at radius 2 is 1.67 bits per heavy atom. The molecule has 0 aliphatic rings. The maximum atomic E-state index is 11.2. The van der Waals surface area contributed by atoms with Gasteiger partial charge in [-0.1, -0.05) is 45.4 Å². The van der Waals surface area contributed by atoms with Gasteiger partial charge in [-0.25, -0.2) is 4.79 Å². The average Bonchev–Trinajstić information content (AvgIpc) is 2.36. The van der Waals surface area contributed by atoms with Gasteiger partial charge in [0.15, 0.2) is 0 Å². The molecule has 5 nitrogen and oxygen atoms in total. The summed E-state index contributed by atoms with van der Waals surface area (Å²) in [5.74, 6) is -1.41. The van der Waals surface area contributed by atoms with Gasteiger partial charge in [-0.3, -0.25) is 4.79 Å². The SMILES string of the molecule is CCCCCCCCCC(=O)OC(=O)[C@@H](N)CO. The van der Waals surface area contributed by atoms with E-state index in [-0.39, 0.29) is 6.42 Å². The van der Waals surface area contributed by atoms with E-state index in [1.54, 1.807) is 0 Å². The number of hydrogen-bond donors (Lipinski definition) is 2. The number of carbonyl (C=O) groups is 2. The number of unbranched alkanes of at least 4 members (excludes halogenated alkanes) is 6. The molecule has 0 aromatic carbocycles. The summed E-state index contributed by atoms with van der Waals surface area (Å²) in [4.78, 5) is 22.3. The Bertz CT molecular complexity index is 243. The number of carbonyl (C=O) groups excluding carboxylic acids is 2. The predicted octanol–water partition coefficient (Wildman–Crippen LogP) is 1.52. The van der Waals surface area contributed by atoms with Crippen LogP contribution in [0, 0.1) is 0 Å². The molecular weight excluding hydrogens is 234 g/mol. The van der Waals surface area contributed by atoms with Gasteiger partial charge < -0.3 is 15.6 Å². The maximum absolute atomic E-state index is 11.2. The highest BCUT2D eigenvalue weighted by atomic mass is 16.6. The molecule has 1 atom stereocenters. The number of nitrogens with two attached hydrogens (primary N) is 1. The minimum Gasteiger partial charge on any atom is -0.394 e. The van der Waals surface area contributed by atoms with Crippen molar-refractivity contribution < 1.29 is 19.4 Å². The van der Waals surface area contributed by atoms with E-state index in [0.717, 1.165) is 19.3 Å². The van der Waals surface area contributed by atoms with E-state index in [9.17, 15) is 9.59 Å². The molecule has 0 saturated carbocycles. The zero-order valence-corrected chi connectivity index (χ0v) is 11.2. The molecule has 0 aliphatic heterocycles. The summed E-state index contributed by atoms with van der Waals surface area (Å²) in [5, 5.41) is 8.60. The first kappa shape index (κ1) is 17.1. The van der Waals surface area contributed by atoms with E-state index >= 15 is 0 Å². The Labute approximate surface area is 109 Å². The van der Waals surface area contributed by atoms with Crippen molar-refractivity contribution in [1.29, 1.82) is 0 Å². The van der Waals surface area contributed by atoms with Gasteiger partial charge in [0.1, 0.15) is 6.04 Å². The van der Waals surface area contributed by atoms with Gasteiger partial charge in [-0.15, -0.1) is 0 Å². The molecule has 0 fully saturated rings. The summed E-state index contributed by atoms with van der Waals surface area (Å²) in [6.45, 7) is 1.66. The smallest absolute Gasteiger partial charge is 0.332 e. The van der Waals surface area contributed by atoms with E-state index in [1.807, 2.05) is 0 Å². The van der Waals surface area contributed by atoms with Crippen molar-refractivity contribution in [3.05, 3.63) is 0 Å². The number of hydrogen-bond acceptors (Lipinski definition) is 5. The maximum Gasteiger partial charge on any atom is 0.332 e. The fourth-order valence-corrected chi connectivity index (χ4v) is 1.54. The molecule has 5 heteroatoms. The minimum atomic E-state index is -1.12. The molecule has 18 heavy (non-hydrogen) atoms. The summed E-state index contributed by atoms with van der Waals surface area (Å²) in [6.07, 6.45) is 7.96. The van der Waals surface area contributed by atoms with Crippen molar-refractivity contribution in [2.24, 2.45) is 5.73 Å². The Morgan fingerprint density at radius 3 is 2.22 bits per heavy atom. The monoisotopic (exact) mass is 259 g/mol. The Kier molecular flexibility index (Phi) is 10.6. The average molecular weight is 259 g/mol. The van der Waals surface area contributed by atoms with E-state index in [0.29, 0.717) is 0 Å². The minimum absolute atomic E-state index is 0.234. The van der Waals surface area contributed by atoms with E-state index < -0.39 is 24.6 Å². The lowest BCUT2D eigenvalue weighted by Gasteiger charge is -2.07. The van der Waals surface area contributed by atoms with E-state index in [1.165, 1.54) is 25.7 Å². The van der Waals surface area contributed by atoms with Crippen LogP contribution in [0.25, 0.3) is 0 Å². The second kappa shape index (κ2) is 11.2. The zero-order chi connectivity index (χ0) is 13.8. The summed E-state index contributed by atoms with van der Waals surface area (Å²) < 4.78 is 4.49. The molecular formula is C13H25NO4. The first-order valence-electron chi connectivity index (χ1n) is 6.72. The first-order chi connectivity index (χ1) is 8.61. The van der Waals surface area contributed by atoms with Gasteiger partial charge in [-0.05, 0) is 6.42 Å². The van der Waals surface area contributed by atoms with Crippen molar-refractivity contribution in [1.82, 2.24) is 0 Å². The van der Waals surface area contributed by atoms with E-state index in [4.69, 9.17) is 10.8 Å². The van der Waals surface area contributed by atoms with Crippen LogP contribution in [0.2, 0.25) is 0 Å². The van der Waals surface area contributed by atoms with E-state index in [2.05, 4.69) is 11.7 Å². The van der Waals surface area contributed by atoms with Crippen LogP contribution in [0.1, 0.15) is 58.3 Å². The van der Waals surface area contributed by atoms with Gasteiger partial charge >= 0.3 is 11.9 Å². The highest BCUT2D eigenvalue weighted by molar-refractivity contribution is 5.88. The molecule has 0 radical (unpaired) electrons. The van der Waals surface area contributed by atoms with Crippen molar-refractivity contribution in [3.63, 3.8) is 0 Å². The van der Waals surface area contributed by atoms with Crippen LogP contribution in [-0.2, 0) is 14.3 Å². The molecule has 106 valence electrons. The molecule has 3 N–H and O–H groups in total. The zero-order valence-electron chi connectivity index (χ0n) is 11.2. The third-order valence-electron chi connectivity index (χ3n) is 2.70. The summed E-state index contributed by atoms with van der Waals surface area (Å²) >= 11 is 0. The predicted molar refractivity (Wildman–Crippen MR) is 68.8 cm³/mol. The van der Waals surface area contributed by atoms with Crippen LogP contribution < -0.4 is 5.73 Å². The van der Waals surface area contributed by atoms with Gasteiger partial charge in [0.05, 0.1) is 6.61 Å². The number of ether oxygens (including phenoxy) is 1. The Morgan fingerprint density at radius 1 is 1.11 bits per heavy atom. The summed E-state index contributed by atoms with van der Waals surface area (Å²) in [5.41, 5.74) is 5.21. The van der Waals surface area contributed by atoms with Crippen molar-refractivity contribution in [3.8, 4) is 0 Å². The van der Waals surface area contributed by atoms with Crippen LogP contribution in [0.5, 0.6) is 0 Å². The molecule has 0 unspecified atom stereocenters. The van der Waals surface area contributed by atoms with Crippen LogP contribution in [0.3, 0.4) is 0 Å². The molecule has 0 heterocycles. The Hall–Kier alpha value is -0.940. The molecule has 0 spiro atoms. The molecule has 0 aromatic heterocycles. The van der Waals surface area contributed by atoms with Gasteiger partial charge in [0.2, 0.25) is 0 Å². The fraction of sp³-hybridized carbons (Fsp3) is 0.846. The lowest BCUT2D eigenvalue weighted by atomic mass is 10.1. The number of esters is 2. The third-order valence-corrected chi connectivity index (χ3v) is 2.70. The third kappa shape index (κ3) is 9.13. The molecule has 0 aliphatic carbocycles. The first-order valence-corrected chi connectivity index (χ1v) is 6.72. The highest BCUT2D eigenvalue weighted by Gasteiger charge is 2.17. The highest BCUT2D eigenvalue weighted by Crippen LogP contribution is 2.08. The number of aliphatic hydroxyl groups is 1. The quantitative estimate of drug-likeness (QED) is 0.352. The lowest BCUT2D eigenvalue weighted by Crippen LogP contribution is -2.36. The normalized spacial score (nSPS) is 12.2. The summed E-state index contributed by atoms with van der Waals surface area (Å²) in [6, 6.07) is -1.12. The fourth-order valence-electron chi connectivity index (χ4n) is 1.54. The van der Waals surface area contributed by atoms with Crippen LogP contribution in [0.15, 0.2) is 0 Å². The van der Waals surface area contributed by atoms with Gasteiger partial charge in [-0.2, -0.15) is 0 Å². The lowest BCUT2D eigenvalue weighted by molar-refractivity contribution is -0.161. The molecule has 0 amide bonds. The van der Waals surface area contributed by atoms with Gasteiger partial charge in [0, 0.05) is 6.42 Å². The standard InChI is InChI=1S/C13H25NO4/c1-2-3-4-5-6-7-8-9-12(16)18-13(17)11(14)10-15/h11,15H,2-10,14H2,1H3/t11-/m0/s1. The molecule has 0 rings (SSSR count). The van der Waals surface area contributed by atoms with Crippen LogP contribution >= 0.6 is 0 Å². The molecule has 0 bridgehead atoms. The van der Waals surface area contributed by atoms with Crippen molar-refractivity contribution in [2.75, 3.05) is 6.61 Å². The second-order valence-electron chi connectivity index (χ2n) is 4.45. The Balaban J connectivity index is 3.45. The summed E-state index contributed by atoms with van der Waals surface area (Å²) in [7, 11) is 0. The number of aliphatic hydroxyl groups excluding tert-OH is 1. The van der Waals surface area contributed by atoms with Crippen molar-refractivity contribution in [2.45, 2.75) is 64.3 Å². The number of rotatable bonds is 10. The second-order valence-corrected chi connectivity index (χ2v) is 4.45. The molecule has 0 saturated heterocycles. The van der Waals surface area contributed by atoms with Crippen LogP contribution in [-0.4, -0.2) is 29.7 Å². The van der Waals surface area contributed by atoms with Gasteiger partial charge in [0.25, 0.3) is 0 Å². The molecule has 0 aromatic rings.